The Morgan fingerprint density at radius 3 is 2.40 bits per heavy atom. The zero-order chi connectivity index (χ0) is 14.6. The molecule has 0 bridgehead atoms. The summed E-state index contributed by atoms with van der Waals surface area (Å²) < 4.78 is 24.5. The molecular formula is C13H26N4O2S. The van der Waals surface area contributed by atoms with E-state index in [9.17, 15) is 8.42 Å². The van der Waals surface area contributed by atoms with Gasteiger partial charge in [-0.2, -0.15) is 0 Å². The second kappa shape index (κ2) is 6.76. The minimum Gasteiger partial charge on any atom is -0.370 e. The van der Waals surface area contributed by atoms with Crippen molar-refractivity contribution in [2.45, 2.75) is 32.1 Å². The first-order chi connectivity index (χ1) is 9.47. The van der Waals surface area contributed by atoms with Crippen LogP contribution in [0.25, 0.3) is 0 Å². The van der Waals surface area contributed by atoms with Gasteiger partial charge in [0.15, 0.2) is 5.96 Å². The Hall–Kier alpha value is -0.820. The molecule has 2 rings (SSSR count). The number of nitrogens with zero attached hydrogens (tertiary/aromatic N) is 3. The molecule has 0 aromatic rings. The van der Waals surface area contributed by atoms with Crippen LogP contribution >= 0.6 is 0 Å². The zero-order valence-electron chi connectivity index (χ0n) is 12.3. The van der Waals surface area contributed by atoms with E-state index in [1.54, 1.807) is 0 Å². The standard InChI is InChI=1S/C13H26N4O2S/c1-20(18,19)17-9-6-12(11-17)10-15-13(14)16-7-4-2-3-5-8-16/h12H,2-11H2,1H3,(H2,14,15). The van der Waals surface area contributed by atoms with Crippen LogP contribution in [0.5, 0.6) is 0 Å². The lowest BCUT2D eigenvalue weighted by atomic mass is 10.1. The summed E-state index contributed by atoms with van der Waals surface area (Å²) in [5.41, 5.74) is 6.06. The third-order valence-corrected chi connectivity index (χ3v) is 5.43. The highest BCUT2D eigenvalue weighted by Crippen LogP contribution is 2.19. The third-order valence-electron chi connectivity index (χ3n) is 4.16. The maximum absolute atomic E-state index is 11.5. The summed E-state index contributed by atoms with van der Waals surface area (Å²) in [7, 11) is -3.06. The van der Waals surface area contributed by atoms with Gasteiger partial charge in [0.25, 0.3) is 0 Å². The number of aliphatic imine (C=N–C) groups is 1. The molecule has 0 radical (unpaired) electrons. The number of likely N-dealkylation sites (tertiary alicyclic amines) is 1. The van der Waals surface area contributed by atoms with Crippen molar-refractivity contribution in [3.8, 4) is 0 Å². The van der Waals surface area contributed by atoms with E-state index in [1.165, 1.54) is 36.2 Å². The Labute approximate surface area is 122 Å². The topological polar surface area (TPSA) is 79.0 Å². The Morgan fingerprint density at radius 2 is 1.85 bits per heavy atom. The largest absolute Gasteiger partial charge is 0.370 e. The van der Waals surface area contributed by atoms with Gasteiger partial charge >= 0.3 is 0 Å². The van der Waals surface area contributed by atoms with Crippen LogP contribution in [0.15, 0.2) is 4.99 Å². The molecular weight excluding hydrogens is 276 g/mol. The Bertz CT molecular complexity index is 441. The molecule has 2 aliphatic heterocycles. The van der Waals surface area contributed by atoms with Gasteiger partial charge in [0.1, 0.15) is 0 Å². The van der Waals surface area contributed by atoms with E-state index in [4.69, 9.17) is 5.73 Å². The summed E-state index contributed by atoms with van der Waals surface area (Å²) in [5.74, 6) is 0.931. The Morgan fingerprint density at radius 1 is 1.20 bits per heavy atom. The van der Waals surface area contributed by atoms with E-state index in [-0.39, 0.29) is 0 Å². The van der Waals surface area contributed by atoms with Crippen molar-refractivity contribution in [2.24, 2.45) is 16.6 Å². The van der Waals surface area contributed by atoms with E-state index in [1.807, 2.05) is 0 Å². The molecule has 2 saturated heterocycles. The number of nitrogens with two attached hydrogens (primary N) is 1. The number of rotatable bonds is 3. The van der Waals surface area contributed by atoms with E-state index in [2.05, 4.69) is 9.89 Å². The summed E-state index contributed by atoms with van der Waals surface area (Å²) >= 11 is 0. The fourth-order valence-electron chi connectivity index (χ4n) is 2.87. The first-order valence-corrected chi connectivity index (χ1v) is 9.31. The predicted octanol–water partition coefficient (Wildman–Crippen LogP) is 0.459. The van der Waals surface area contributed by atoms with Crippen molar-refractivity contribution in [3.05, 3.63) is 0 Å². The average molecular weight is 302 g/mol. The van der Waals surface area contributed by atoms with Crippen LogP contribution in [0.2, 0.25) is 0 Å². The molecule has 0 aromatic carbocycles. The van der Waals surface area contributed by atoms with Crippen LogP contribution in [0.3, 0.4) is 0 Å². The van der Waals surface area contributed by atoms with Crippen molar-refractivity contribution in [3.63, 3.8) is 0 Å². The number of sulfonamides is 1. The fraction of sp³-hybridized carbons (Fsp3) is 0.923. The first kappa shape index (κ1) is 15.6. The molecule has 0 saturated carbocycles. The molecule has 1 atom stereocenters. The van der Waals surface area contributed by atoms with Crippen LogP contribution in [0.1, 0.15) is 32.1 Å². The van der Waals surface area contributed by atoms with Gasteiger partial charge in [-0.1, -0.05) is 12.8 Å². The van der Waals surface area contributed by atoms with Crippen molar-refractivity contribution >= 4 is 16.0 Å². The van der Waals surface area contributed by atoms with Crippen molar-refractivity contribution in [2.75, 3.05) is 39.0 Å². The SMILES string of the molecule is CS(=O)(=O)N1CCC(CN=C(N)N2CCCCCC2)C1. The molecule has 2 fully saturated rings. The maximum atomic E-state index is 11.5. The van der Waals surface area contributed by atoms with Gasteiger partial charge in [0, 0.05) is 32.7 Å². The highest BCUT2D eigenvalue weighted by Gasteiger charge is 2.28. The van der Waals surface area contributed by atoms with Gasteiger partial charge in [-0.05, 0) is 25.2 Å². The van der Waals surface area contributed by atoms with Crippen LogP contribution < -0.4 is 5.73 Å². The van der Waals surface area contributed by atoms with Gasteiger partial charge in [-0.3, -0.25) is 4.99 Å². The Balaban J connectivity index is 1.83. The molecule has 6 nitrogen and oxygen atoms in total. The molecule has 20 heavy (non-hydrogen) atoms. The van der Waals surface area contributed by atoms with E-state index < -0.39 is 10.0 Å². The monoisotopic (exact) mass is 302 g/mol. The Kier molecular flexibility index (Phi) is 5.26. The van der Waals surface area contributed by atoms with Gasteiger partial charge in [0.2, 0.25) is 10.0 Å². The minimum absolute atomic E-state index is 0.301. The molecule has 0 amide bonds. The number of hydrogen-bond donors (Lipinski definition) is 1. The predicted molar refractivity (Wildman–Crippen MR) is 81.1 cm³/mol. The lowest BCUT2D eigenvalue weighted by Crippen LogP contribution is -2.38. The molecule has 0 aromatic heterocycles. The molecule has 1 unspecified atom stereocenters. The lowest BCUT2D eigenvalue weighted by molar-refractivity contribution is 0.424. The van der Waals surface area contributed by atoms with E-state index in [0.717, 1.165) is 19.5 Å². The summed E-state index contributed by atoms with van der Waals surface area (Å²) in [4.78, 5) is 6.65. The second-order valence-corrected chi connectivity index (χ2v) is 7.86. The first-order valence-electron chi connectivity index (χ1n) is 7.47. The van der Waals surface area contributed by atoms with Gasteiger partial charge in [0.05, 0.1) is 6.26 Å². The molecule has 0 aliphatic carbocycles. The highest BCUT2D eigenvalue weighted by atomic mass is 32.2. The smallest absolute Gasteiger partial charge is 0.211 e. The maximum Gasteiger partial charge on any atom is 0.211 e. The van der Waals surface area contributed by atoms with Crippen LogP contribution in [-0.4, -0.2) is 62.6 Å². The number of guanidine groups is 1. The lowest BCUT2D eigenvalue weighted by Gasteiger charge is -2.21. The minimum atomic E-state index is -3.06. The third kappa shape index (κ3) is 4.34. The fourth-order valence-corrected chi connectivity index (χ4v) is 3.79. The number of hydrogen-bond acceptors (Lipinski definition) is 3. The summed E-state index contributed by atoms with van der Waals surface area (Å²) in [6.45, 7) is 3.82. The van der Waals surface area contributed by atoms with Crippen LogP contribution in [0.4, 0.5) is 0 Å². The molecule has 2 heterocycles. The molecule has 7 heteroatoms. The summed E-state index contributed by atoms with van der Waals surface area (Å²) in [6.07, 6.45) is 7.06. The molecule has 116 valence electrons. The molecule has 2 aliphatic rings. The molecule has 0 spiro atoms. The quantitative estimate of drug-likeness (QED) is 0.607. The van der Waals surface area contributed by atoms with Crippen molar-refractivity contribution in [1.29, 1.82) is 0 Å². The van der Waals surface area contributed by atoms with Crippen LogP contribution in [-0.2, 0) is 10.0 Å². The molecule has 2 N–H and O–H groups in total. The highest BCUT2D eigenvalue weighted by molar-refractivity contribution is 7.88. The van der Waals surface area contributed by atoms with Crippen LogP contribution in [0, 0.1) is 5.92 Å². The average Bonchev–Trinajstić information content (AvgIpc) is 2.70. The second-order valence-electron chi connectivity index (χ2n) is 5.88. The van der Waals surface area contributed by atoms with Gasteiger partial charge in [-0.15, -0.1) is 0 Å². The summed E-state index contributed by atoms with van der Waals surface area (Å²) in [5, 5.41) is 0. The normalized spacial score (nSPS) is 26.8. The van der Waals surface area contributed by atoms with Gasteiger partial charge < -0.3 is 10.6 Å². The van der Waals surface area contributed by atoms with Crippen molar-refractivity contribution < 1.29 is 8.42 Å². The van der Waals surface area contributed by atoms with E-state index >= 15 is 0 Å². The zero-order valence-corrected chi connectivity index (χ0v) is 13.1. The van der Waals surface area contributed by atoms with Gasteiger partial charge in [-0.25, -0.2) is 12.7 Å². The summed E-state index contributed by atoms with van der Waals surface area (Å²) in [6, 6.07) is 0. The van der Waals surface area contributed by atoms with Crippen molar-refractivity contribution in [1.82, 2.24) is 9.21 Å². The van der Waals surface area contributed by atoms with E-state index in [0.29, 0.717) is 31.5 Å².